The van der Waals surface area contributed by atoms with E-state index in [1.54, 1.807) is 18.2 Å². The van der Waals surface area contributed by atoms with Gasteiger partial charge in [-0.3, -0.25) is 4.79 Å². The van der Waals surface area contributed by atoms with Crippen LogP contribution >= 0.6 is 0 Å². The third kappa shape index (κ3) is 2.49. The molecular weight excluding hydrogens is 196 g/mol. The van der Waals surface area contributed by atoms with Gasteiger partial charge in [0.15, 0.2) is 5.78 Å². The quantitative estimate of drug-likeness (QED) is 0.467. The maximum Gasteiger partial charge on any atom is 0.192 e. The van der Waals surface area contributed by atoms with E-state index in [4.69, 9.17) is 14.6 Å². The zero-order chi connectivity index (χ0) is 11.3. The molecule has 0 bridgehead atoms. The van der Waals surface area contributed by atoms with Crippen LogP contribution < -0.4 is 9.47 Å². The molecule has 0 aliphatic heterocycles. The molecule has 4 heteroatoms. The minimum atomic E-state index is -0.340. The fourth-order valence-electron chi connectivity index (χ4n) is 1.16. The Morgan fingerprint density at radius 3 is 2.60 bits per heavy atom. The van der Waals surface area contributed by atoms with Crippen molar-refractivity contribution in [1.82, 2.24) is 0 Å². The first kappa shape index (κ1) is 11.1. The average molecular weight is 208 g/mol. The maximum atomic E-state index is 11.5. The Kier molecular flexibility index (Phi) is 3.74. The highest BCUT2D eigenvalue weighted by atomic mass is 16.5. The lowest BCUT2D eigenvalue weighted by Gasteiger charge is -2.07. The molecule has 0 heterocycles. The number of ketones is 1. The molecule has 0 aromatic heterocycles. The first-order chi connectivity index (χ1) is 7.22. The number of rotatable bonds is 4. The largest absolute Gasteiger partial charge is 0.515 e. The predicted octanol–water partition coefficient (Wildman–Crippen LogP) is 1.96. The number of aliphatic hydroxyl groups excluding tert-OH is 1. The van der Waals surface area contributed by atoms with Crippen LogP contribution in [0.1, 0.15) is 10.4 Å². The first-order valence-corrected chi connectivity index (χ1v) is 4.30. The number of carbonyl (C=O) groups excluding carboxylic acids is 1. The molecule has 0 aliphatic rings. The van der Waals surface area contributed by atoms with Crippen LogP contribution in [0.4, 0.5) is 0 Å². The van der Waals surface area contributed by atoms with Gasteiger partial charge in [0, 0.05) is 6.08 Å². The summed E-state index contributed by atoms with van der Waals surface area (Å²) in [5, 5.41) is 8.51. The molecule has 15 heavy (non-hydrogen) atoms. The van der Waals surface area contributed by atoms with Crippen molar-refractivity contribution in [2.75, 3.05) is 14.2 Å². The topological polar surface area (TPSA) is 55.8 Å². The normalized spacial score (nSPS) is 10.3. The SMILES string of the molecule is COc1ccc(OC)c(C(=O)/C=C/O)c1. The van der Waals surface area contributed by atoms with Gasteiger partial charge in [-0.05, 0) is 18.2 Å². The number of hydrogen-bond donors (Lipinski definition) is 1. The van der Waals surface area contributed by atoms with Gasteiger partial charge in [0.1, 0.15) is 11.5 Å². The number of aliphatic hydroxyl groups is 1. The summed E-state index contributed by atoms with van der Waals surface area (Å²) in [5.74, 6) is 0.664. The predicted molar refractivity (Wildman–Crippen MR) is 55.6 cm³/mol. The molecule has 0 aliphatic carbocycles. The van der Waals surface area contributed by atoms with Gasteiger partial charge in [0.2, 0.25) is 0 Å². The molecule has 80 valence electrons. The lowest BCUT2D eigenvalue weighted by atomic mass is 10.1. The van der Waals surface area contributed by atoms with Crippen LogP contribution in [-0.2, 0) is 0 Å². The second-order valence-electron chi connectivity index (χ2n) is 2.75. The number of hydrogen-bond acceptors (Lipinski definition) is 4. The highest BCUT2D eigenvalue weighted by Gasteiger charge is 2.10. The standard InChI is InChI=1S/C11H12O4/c1-14-8-3-4-11(15-2)9(7-8)10(13)5-6-12/h3-7,12H,1-2H3/b6-5+. The van der Waals surface area contributed by atoms with E-state index in [0.717, 1.165) is 6.08 Å². The molecule has 0 spiro atoms. The maximum absolute atomic E-state index is 11.5. The van der Waals surface area contributed by atoms with Crippen molar-refractivity contribution >= 4 is 5.78 Å². The third-order valence-corrected chi connectivity index (χ3v) is 1.90. The third-order valence-electron chi connectivity index (χ3n) is 1.90. The van der Waals surface area contributed by atoms with Crippen molar-refractivity contribution in [2.24, 2.45) is 0 Å². The van der Waals surface area contributed by atoms with Crippen LogP contribution in [0.3, 0.4) is 0 Å². The summed E-state index contributed by atoms with van der Waals surface area (Å²) < 4.78 is 10.0. The second kappa shape index (κ2) is 5.05. The van der Waals surface area contributed by atoms with Crippen LogP contribution in [0.5, 0.6) is 11.5 Å². The number of allylic oxidation sites excluding steroid dienone is 1. The summed E-state index contributed by atoms with van der Waals surface area (Å²) in [6.45, 7) is 0. The highest BCUT2D eigenvalue weighted by molar-refractivity contribution is 6.06. The summed E-state index contributed by atoms with van der Waals surface area (Å²) in [6, 6.07) is 4.89. The van der Waals surface area contributed by atoms with E-state index < -0.39 is 0 Å². The van der Waals surface area contributed by atoms with Gasteiger partial charge in [-0.15, -0.1) is 0 Å². The molecule has 1 aromatic carbocycles. The average Bonchev–Trinajstić information content (AvgIpc) is 2.28. The van der Waals surface area contributed by atoms with Crippen LogP contribution in [-0.4, -0.2) is 25.1 Å². The zero-order valence-electron chi connectivity index (χ0n) is 8.56. The Morgan fingerprint density at radius 2 is 2.07 bits per heavy atom. The first-order valence-electron chi connectivity index (χ1n) is 4.30. The Balaban J connectivity index is 3.17. The summed E-state index contributed by atoms with van der Waals surface area (Å²) in [6.07, 6.45) is 1.75. The van der Waals surface area contributed by atoms with Crippen LogP contribution in [0.25, 0.3) is 0 Å². The van der Waals surface area contributed by atoms with E-state index in [-0.39, 0.29) is 5.78 Å². The van der Waals surface area contributed by atoms with Gasteiger partial charge < -0.3 is 14.6 Å². The Labute approximate surface area is 87.7 Å². The summed E-state index contributed by atoms with van der Waals surface area (Å²) in [7, 11) is 2.99. The van der Waals surface area contributed by atoms with Crippen molar-refractivity contribution < 1.29 is 19.4 Å². The summed E-state index contributed by atoms with van der Waals surface area (Å²) >= 11 is 0. The highest BCUT2D eigenvalue weighted by Crippen LogP contribution is 2.24. The van der Waals surface area contributed by atoms with Gasteiger partial charge in [0.25, 0.3) is 0 Å². The molecular formula is C11H12O4. The fourth-order valence-corrected chi connectivity index (χ4v) is 1.16. The molecule has 1 N–H and O–H groups in total. The Bertz CT molecular complexity index is 382. The van der Waals surface area contributed by atoms with Crippen molar-refractivity contribution in [3.8, 4) is 11.5 Å². The molecule has 1 aromatic rings. The van der Waals surface area contributed by atoms with Crippen LogP contribution in [0, 0.1) is 0 Å². The molecule has 0 unspecified atom stereocenters. The molecule has 4 nitrogen and oxygen atoms in total. The monoisotopic (exact) mass is 208 g/mol. The summed E-state index contributed by atoms with van der Waals surface area (Å²) in [4.78, 5) is 11.5. The van der Waals surface area contributed by atoms with E-state index in [1.165, 1.54) is 14.2 Å². The van der Waals surface area contributed by atoms with E-state index in [9.17, 15) is 4.79 Å². The van der Waals surface area contributed by atoms with Crippen molar-refractivity contribution in [2.45, 2.75) is 0 Å². The number of methoxy groups -OCH3 is 2. The molecule has 0 radical (unpaired) electrons. The smallest absolute Gasteiger partial charge is 0.192 e. The molecule has 0 saturated carbocycles. The fraction of sp³-hybridized carbons (Fsp3) is 0.182. The van der Waals surface area contributed by atoms with Gasteiger partial charge in [0.05, 0.1) is 26.0 Å². The van der Waals surface area contributed by atoms with Gasteiger partial charge >= 0.3 is 0 Å². The zero-order valence-corrected chi connectivity index (χ0v) is 8.56. The number of ether oxygens (including phenoxy) is 2. The van der Waals surface area contributed by atoms with E-state index in [2.05, 4.69) is 0 Å². The molecule has 0 atom stereocenters. The van der Waals surface area contributed by atoms with Gasteiger partial charge in [-0.2, -0.15) is 0 Å². The van der Waals surface area contributed by atoms with Gasteiger partial charge in [-0.25, -0.2) is 0 Å². The van der Waals surface area contributed by atoms with Crippen LogP contribution in [0.2, 0.25) is 0 Å². The van der Waals surface area contributed by atoms with E-state index >= 15 is 0 Å². The number of carbonyl (C=O) groups is 1. The molecule has 0 amide bonds. The lowest BCUT2D eigenvalue weighted by molar-refractivity contribution is 0.104. The van der Waals surface area contributed by atoms with Crippen molar-refractivity contribution in [3.63, 3.8) is 0 Å². The minimum Gasteiger partial charge on any atom is -0.515 e. The number of benzene rings is 1. The second-order valence-corrected chi connectivity index (χ2v) is 2.75. The molecule has 0 saturated heterocycles. The van der Waals surface area contributed by atoms with Crippen LogP contribution in [0.15, 0.2) is 30.5 Å². The lowest BCUT2D eigenvalue weighted by Crippen LogP contribution is -1.99. The van der Waals surface area contributed by atoms with E-state index in [0.29, 0.717) is 23.3 Å². The summed E-state index contributed by atoms with van der Waals surface area (Å²) in [5.41, 5.74) is 0.349. The Morgan fingerprint density at radius 1 is 1.33 bits per heavy atom. The van der Waals surface area contributed by atoms with Gasteiger partial charge in [-0.1, -0.05) is 0 Å². The Hall–Kier alpha value is -1.97. The minimum absolute atomic E-state index is 0.340. The molecule has 0 fully saturated rings. The molecule has 1 rings (SSSR count). The van der Waals surface area contributed by atoms with Crippen molar-refractivity contribution in [1.29, 1.82) is 0 Å². The van der Waals surface area contributed by atoms with Crippen molar-refractivity contribution in [3.05, 3.63) is 36.1 Å². The van der Waals surface area contributed by atoms with E-state index in [1.807, 2.05) is 0 Å².